The van der Waals surface area contributed by atoms with Gasteiger partial charge in [0.2, 0.25) is 0 Å². The summed E-state index contributed by atoms with van der Waals surface area (Å²) in [5, 5.41) is 17.1. The van der Waals surface area contributed by atoms with Gasteiger partial charge in [0.05, 0.1) is 11.0 Å². The Balaban J connectivity index is 0.000000363. The number of piperidine rings is 1. The van der Waals surface area contributed by atoms with Crippen molar-refractivity contribution in [2.45, 2.75) is 50.4 Å². The average molecular weight is 456 g/mol. The van der Waals surface area contributed by atoms with Crippen LogP contribution in [0.3, 0.4) is 0 Å². The van der Waals surface area contributed by atoms with Crippen molar-refractivity contribution in [3.05, 3.63) is 52.0 Å². The summed E-state index contributed by atoms with van der Waals surface area (Å²) in [5.41, 5.74) is 3.95. The van der Waals surface area contributed by atoms with Crippen LogP contribution in [-0.2, 0) is 16.0 Å². The number of imidazole rings is 1. The van der Waals surface area contributed by atoms with Crippen LogP contribution in [0.2, 0.25) is 0 Å². The van der Waals surface area contributed by atoms with E-state index in [1.165, 1.54) is 69.5 Å². The number of rotatable bonds is 4. The second-order valence-corrected chi connectivity index (χ2v) is 9.54. The van der Waals surface area contributed by atoms with Gasteiger partial charge in [-0.1, -0.05) is 12.1 Å². The number of benzene rings is 1. The maximum atomic E-state index is 9.10. The van der Waals surface area contributed by atoms with E-state index in [0.717, 1.165) is 11.4 Å². The number of nitrogens with zero attached hydrogens (tertiary/aromatic N) is 2. The highest BCUT2D eigenvalue weighted by Gasteiger charge is 2.25. The number of fused-ring (bicyclic) bond motifs is 2. The molecule has 3 aromatic rings. The second kappa shape index (κ2) is 10.3. The number of carbonyl (C=O) groups is 2. The van der Waals surface area contributed by atoms with Crippen LogP contribution in [-0.4, -0.2) is 56.7 Å². The highest BCUT2D eigenvalue weighted by atomic mass is 32.1. The fourth-order valence-corrected chi connectivity index (χ4v) is 5.83. The summed E-state index contributed by atoms with van der Waals surface area (Å²) >= 11 is 1.97. The Morgan fingerprint density at radius 1 is 1.09 bits per heavy atom. The number of carboxylic acid groups (broad SMARTS) is 2. The van der Waals surface area contributed by atoms with Crippen molar-refractivity contribution in [1.82, 2.24) is 14.9 Å². The van der Waals surface area contributed by atoms with Gasteiger partial charge in [-0.2, -0.15) is 0 Å². The number of thiophene rings is 1. The number of aliphatic carboxylic acids is 2. The van der Waals surface area contributed by atoms with Gasteiger partial charge < -0.3 is 20.1 Å². The molecule has 5 rings (SSSR count). The molecular weight excluding hydrogens is 426 g/mol. The molecule has 1 unspecified atom stereocenters. The highest BCUT2D eigenvalue weighted by Crippen LogP contribution is 2.37. The van der Waals surface area contributed by atoms with E-state index in [9.17, 15) is 0 Å². The molecule has 0 radical (unpaired) electrons. The molecule has 32 heavy (non-hydrogen) atoms. The standard InChI is InChI=1S/C22H27N3S.C2H2O4/c1-2-6-20-19(5-1)23-22(24-20)17-9-13-25(14-10-17)12-8-16-4-3-7-21-18(16)11-15-26-21;3-1(4)2(5)6/h1-2,5-6,11,15-17H,3-4,7-10,12-14H2,(H,23,24);(H,3,4)(H,5,6). The maximum absolute atomic E-state index is 9.10. The largest absolute Gasteiger partial charge is 0.473 e. The van der Waals surface area contributed by atoms with Gasteiger partial charge in [0, 0.05) is 10.8 Å². The van der Waals surface area contributed by atoms with Gasteiger partial charge >= 0.3 is 11.9 Å². The first-order valence-electron chi connectivity index (χ1n) is 11.2. The number of H-pyrrole nitrogens is 1. The molecule has 3 N–H and O–H groups in total. The number of aromatic nitrogens is 2. The molecule has 170 valence electrons. The van der Waals surface area contributed by atoms with Crippen molar-refractivity contribution in [2.24, 2.45) is 0 Å². The second-order valence-electron chi connectivity index (χ2n) is 8.54. The third-order valence-electron chi connectivity index (χ3n) is 6.53. The van der Waals surface area contributed by atoms with Gasteiger partial charge in [0.15, 0.2) is 0 Å². The number of likely N-dealkylation sites (tertiary alicyclic amines) is 1. The van der Waals surface area contributed by atoms with E-state index >= 15 is 0 Å². The lowest BCUT2D eigenvalue weighted by atomic mass is 9.85. The number of carboxylic acids is 2. The molecule has 1 aliphatic carbocycles. The van der Waals surface area contributed by atoms with Crippen molar-refractivity contribution < 1.29 is 19.8 Å². The maximum Gasteiger partial charge on any atom is 0.414 e. The summed E-state index contributed by atoms with van der Waals surface area (Å²) in [6, 6.07) is 10.8. The third-order valence-corrected chi connectivity index (χ3v) is 7.53. The molecule has 0 saturated carbocycles. The zero-order valence-electron chi connectivity index (χ0n) is 18.0. The van der Waals surface area contributed by atoms with Crippen LogP contribution >= 0.6 is 11.3 Å². The smallest absolute Gasteiger partial charge is 0.414 e. The highest BCUT2D eigenvalue weighted by molar-refractivity contribution is 7.10. The molecule has 8 heteroatoms. The Kier molecular flexibility index (Phi) is 7.22. The van der Waals surface area contributed by atoms with Crippen LogP contribution in [0.15, 0.2) is 35.7 Å². The van der Waals surface area contributed by atoms with Crippen molar-refractivity contribution in [2.75, 3.05) is 19.6 Å². The lowest BCUT2D eigenvalue weighted by molar-refractivity contribution is -0.159. The van der Waals surface area contributed by atoms with Gasteiger partial charge in [-0.05, 0) is 93.2 Å². The van der Waals surface area contributed by atoms with Crippen LogP contribution in [0.4, 0.5) is 0 Å². The molecule has 7 nitrogen and oxygen atoms in total. The summed E-state index contributed by atoms with van der Waals surface area (Å²) in [6.07, 6.45) is 7.87. The molecule has 2 aliphatic rings. The third kappa shape index (κ3) is 5.37. The van der Waals surface area contributed by atoms with Crippen LogP contribution in [0.1, 0.15) is 60.2 Å². The Labute approximate surface area is 191 Å². The monoisotopic (exact) mass is 455 g/mol. The average Bonchev–Trinajstić information content (AvgIpc) is 3.45. The Morgan fingerprint density at radius 2 is 1.84 bits per heavy atom. The van der Waals surface area contributed by atoms with E-state index in [1.807, 2.05) is 11.3 Å². The van der Waals surface area contributed by atoms with E-state index < -0.39 is 11.9 Å². The lowest BCUT2D eigenvalue weighted by Crippen LogP contribution is -2.34. The van der Waals surface area contributed by atoms with E-state index in [-0.39, 0.29) is 0 Å². The first kappa shape index (κ1) is 22.5. The molecule has 1 aromatic carbocycles. The quantitative estimate of drug-likeness (QED) is 0.501. The Hall–Kier alpha value is -2.71. The molecule has 0 spiro atoms. The minimum Gasteiger partial charge on any atom is -0.473 e. The van der Waals surface area contributed by atoms with E-state index in [2.05, 4.69) is 45.6 Å². The van der Waals surface area contributed by atoms with Gasteiger partial charge in [-0.25, -0.2) is 14.6 Å². The predicted molar refractivity (Wildman–Crippen MR) is 124 cm³/mol. The summed E-state index contributed by atoms with van der Waals surface area (Å²) in [5.74, 6) is -1.05. The number of aromatic amines is 1. The van der Waals surface area contributed by atoms with Crippen LogP contribution < -0.4 is 0 Å². The summed E-state index contributed by atoms with van der Waals surface area (Å²) in [4.78, 5) is 30.9. The van der Waals surface area contributed by atoms with Gasteiger partial charge in [-0.3, -0.25) is 0 Å². The van der Waals surface area contributed by atoms with E-state index in [0.29, 0.717) is 5.92 Å². The first-order chi connectivity index (χ1) is 15.5. The van der Waals surface area contributed by atoms with Crippen molar-refractivity contribution in [1.29, 1.82) is 0 Å². The minimum absolute atomic E-state index is 0.594. The van der Waals surface area contributed by atoms with Crippen LogP contribution in [0.25, 0.3) is 11.0 Å². The van der Waals surface area contributed by atoms with E-state index in [4.69, 9.17) is 24.8 Å². The van der Waals surface area contributed by atoms with Crippen molar-refractivity contribution in [3.8, 4) is 0 Å². The van der Waals surface area contributed by atoms with Gasteiger partial charge in [0.25, 0.3) is 0 Å². The predicted octanol–water partition coefficient (Wildman–Crippen LogP) is 4.47. The number of nitrogens with one attached hydrogen (secondary N) is 1. The molecule has 1 aliphatic heterocycles. The lowest BCUT2D eigenvalue weighted by Gasteiger charge is -2.32. The number of para-hydroxylation sites is 2. The summed E-state index contributed by atoms with van der Waals surface area (Å²) < 4.78 is 0. The fourth-order valence-electron chi connectivity index (χ4n) is 4.82. The van der Waals surface area contributed by atoms with Crippen LogP contribution in [0, 0.1) is 0 Å². The van der Waals surface area contributed by atoms with Crippen LogP contribution in [0.5, 0.6) is 0 Å². The van der Waals surface area contributed by atoms with Crippen molar-refractivity contribution in [3.63, 3.8) is 0 Å². The van der Waals surface area contributed by atoms with Crippen molar-refractivity contribution >= 4 is 34.3 Å². The zero-order valence-corrected chi connectivity index (χ0v) is 18.8. The number of aryl methyl sites for hydroxylation is 1. The minimum atomic E-state index is -1.82. The Morgan fingerprint density at radius 3 is 2.56 bits per heavy atom. The molecule has 2 aromatic heterocycles. The molecule has 0 amide bonds. The molecule has 3 heterocycles. The summed E-state index contributed by atoms with van der Waals surface area (Å²) in [6.45, 7) is 3.68. The topological polar surface area (TPSA) is 107 Å². The Bertz CT molecular complexity index is 1020. The fraction of sp³-hybridized carbons (Fsp3) is 0.458. The SMILES string of the molecule is O=C(O)C(=O)O.c1ccc2[nH]c(C3CCN(CCC4CCCc5sccc54)CC3)nc2c1. The summed E-state index contributed by atoms with van der Waals surface area (Å²) in [7, 11) is 0. The molecular formula is C24H29N3O4S. The number of hydrogen-bond donors (Lipinski definition) is 3. The molecule has 1 fully saturated rings. The van der Waals surface area contributed by atoms with Gasteiger partial charge in [0.1, 0.15) is 5.82 Å². The van der Waals surface area contributed by atoms with Gasteiger partial charge in [-0.15, -0.1) is 11.3 Å². The molecule has 1 atom stereocenters. The number of hydrogen-bond acceptors (Lipinski definition) is 5. The first-order valence-corrected chi connectivity index (χ1v) is 12.1. The van der Waals surface area contributed by atoms with E-state index in [1.54, 1.807) is 10.4 Å². The normalized spacial score (nSPS) is 19.2. The zero-order chi connectivity index (χ0) is 22.5. The molecule has 0 bridgehead atoms. The molecule has 1 saturated heterocycles.